The van der Waals surface area contributed by atoms with Crippen molar-refractivity contribution >= 4 is 23.2 Å². The minimum atomic E-state index is -0.536. The van der Waals surface area contributed by atoms with E-state index in [0.717, 1.165) is 0 Å². The number of carbonyl (C=O) groups excluding carboxylic acids is 1. The van der Waals surface area contributed by atoms with E-state index in [4.69, 9.17) is 11.6 Å². The number of rotatable bonds is 5. The Morgan fingerprint density at radius 3 is 2.72 bits per heavy atom. The van der Waals surface area contributed by atoms with Gasteiger partial charge < -0.3 is 5.32 Å². The van der Waals surface area contributed by atoms with Crippen LogP contribution in [0.3, 0.4) is 0 Å². The largest absolute Gasteiger partial charge is 0.348 e. The standard InChI is InChI=1S/C12H15ClN2O3/c1-3-9(7-13)14-12(16)10-6-4-5-8(2)11(10)15(17)18/h4-6,9H,3,7H2,1-2H3,(H,14,16). The van der Waals surface area contributed by atoms with Crippen molar-refractivity contribution in [3.63, 3.8) is 0 Å². The molecule has 0 aliphatic heterocycles. The molecule has 1 aromatic carbocycles. The van der Waals surface area contributed by atoms with E-state index in [2.05, 4.69) is 5.32 Å². The average Bonchev–Trinajstić information content (AvgIpc) is 2.34. The van der Waals surface area contributed by atoms with E-state index in [9.17, 15) is 14.9 Å². The predicted molar refractivity (Wildman–Crippen MR) is 70.1 cm³/mol. The van der Waals surface area contributed by atoms with E-state index in [1.807, 2.05) is 6.92 Å². The zero-order valence-corrected chi connectivity index (χ0v) is 11.0. The quantitative estimate of drug-likeness (QED) is 0.508. The van der Waals surface area contributed by atoms with Gasteiger partial charge in [0.2, 0.25) is 0 Å². The molecule has 0 aliphatic carbocycles. The van der Waals surface area contributed by atoms with E-state index < -0.39 is 10.8 Å². The van der Waals surface area contributed by atoms with Crippen molar-refractivity contribution in [3.8, 4) is 0 Å². The molecule has 1 rings (SSSR count). The summed E-state index contributed by atoms with van der Waals surface area (Å²) in [4.78, 5) is 22.4. The number of benzene rings is 1. The molecule has 6 heteroatoms. The molecule has 1 unspecified atom stereocenters. The Labute approximate surface area is 110 Å². The number of nitrogens with zero attached hydrogens (tertiary/aromatic N) is 1. The van der Waals surface area contributed by atoms with Crippen LogP contribution in [0.15, 0.2) is 18.2 Å². The number of hydrogen-bond acceptors (Lipinski definition) is 3. The van der Waals surface area contributed by atoms with Crippen LogP contribution >= 0.6 is 11.6 Å². The van der Waals surface area contributed by atoms with Gasteiger partial charge in [0.05, 0.1) is 4.92 Å². The molecule has 5 nitrogen and oxygen atoms in total. The number of para-hydroxylation sites is 1. The van der Waals surface area contributed by atoms with Gasteiger partial charge in [-0.25, -0.2) is 0 Å². The summed E-state index contributed by atoms with van der Waals surface area (Å²) in [7, 11) is 0. The lowest BCUT2D eigenvalue weighted by atomic mass is 10.1. The van der Waals surface area contributed by atoms with Crippen molar-refractivity contribution in [3.05, 3.63) is 39.4 Å². The van der Waals surface area contributed by atoms with E-state index in [1.54, 1.807) is 19.1 Å². The molecular weight excluding hydrogens is 256 g/mol. The molecule has 1 aromatic rings. The Morgan fingerprint density at radius 1 is 1.56 bits per heavy atom. The van der Waals surface area contributed by atoms with Crippen LogP contribution < -0.4 is 5.32 Å². The number of alkyl halides is 1. The molecule has 98 valence electrons. The van der Waals surface area contributed by atoms with E-state index in [0.29, 0.717) is 12.0 Å². The maximum Gasteiger partial charge on any atom is 0.285 e. The summed E-state index contributed by atoms with van der Waals surface area (Å²) in [5.74, 6) is -0.181. The van der Waals surface area contributed by atoms with E-state index >= 15 is 0 Å². The predicted octanol–water partition coefficient (Wildman–Crippen LogP) is 2.65. The molecule has 0 heterocycles. The Hall–Kier alpha value is -1.62. The lowest BCUT2D eigenvalue weighted by Gasteiger charge is -2.14. The first-order chi connectivity index (χ1) is 8.51. The van der Waals surface area contributed by atoms with Crippen molar-refractivity contribution in [2.24, 2.45) is 0 Å². The summed E-state index contributed by atoms with van der Waals surface area (Å²) in [6.45, 7) is 3.49. The summed E-state index contributed by atoms with van der Waals surface area (Å²) in [6, 6.07) is 4.49. The van der Waals surface area contributed by atoms with Crippen LogP contribution in [0.2, 0.25) is 0 Å². The number of nitro groups is 1. The topological polar surface area (TPSA) is 72.2 Å². The van der Waals surface area contributed by atoms with Gasteiger partial charge in [-0.3, -0.25) is 14.9 Å². The summed E-state index contributed by atoms with van der Waals surface area (Å²) in [5.41, 5.74) is 0.384. The highest BCUT2D eigenvalue weighted by atomic mass is 35.5. The van der Waals surface area contributed by atoms with Gasteiger partial charge >= 0.3 is 0 Å². The van der Waals surface area contributed by atoms with Gasteiger partial charge in [0, 0.05) is 17.5 Å². The highest BCUT2D eigenvalue weighted by molar-refractivity contribution is 6.18. The van der Waals surface area contributed by atoms with Crippen LogP contribution in [0.5, 0.6) is 0 Å². The summed E-state index contributed by atoms with van der Waals surface area (Å²) < 4.78 is 0. The van der Waals surface area contributed by atoms with Gasteiger partial charge in [0.15, 0.2) is 0 Å². The Bertz CT molecular complexity index is 459. The molecule has 1 N–H and O–H groups in total. The first-order valence-corrected chi connectivity index (χ1v) is 6.15. The summed E-state index contributed by atoms with van der Waals surface area (Å²) >= 11 is 5.68. The first-order valence-electron chi connectivity index (χ1n) is 5.62. The zero-order valence-electron chi connectivity index (χ0n) is 10.3. The Balaban J connectivity index is 3.06. The van der Waals surface area contributed by atoms with Gasteiger partial charge in [0.25, 0.3) is 11.6 Å². The fourth-order valence-corrected chi connectivity index (χ4v) is 1.89. The van der Waals surface area contributed by atoms with Gasteiger partial charge in [-0.2, -0.15) is 0 Å². The Kier molecular flexibility index (Phi) is 5.09. The van der Waals surface area contributed by atoms with Crippen molar-refractivity contribution in [1.82, 2.24) is 5.32 Å². The molecular formula is C12H15ClN2O3. The SMILES string of the molecule is CCC(CCl)NC(=O)c1cccc(C)c1[N+](=O)[O-]. The van der Waals surface area contributed by atoms with Crippen molar-refractivity contribution in [2.75, 3.05) is 5.88 Å². The van der Waals surface area contributed by atoms with Crippen molar-refractivity contribution in [1.29, 1.82) is 0 Å². The van der Waals surface area contributed by atoms with Crippen molar-refractivity contribution < 1.29 is 9.72 Å². The molecule has 1 atom stereocenters. The summed E-state index contributed by atoms with van der Waals surface area (Å²) in [6.07, 6.45) is 0.675. The Morgan fingerprint density at radius 2 is 2.22 bits per heavy atom. The highest BCUT2D eigenvalue weighted by Gasteiger charge is 2.23. The lowest BCUT2D eigenvalue weighted by Crippen LogP contribution is -2.36. The number of carbonyl (C=O) groups is 1. The van der Waals surface area contributed by atoms with Crippen LogP contribution in [0.25, 0.3) is 0 Å². The number of nitrogens with one attached hydrogen (secondary N) is 1. The molecule has 0 aliphatic rings. The highest BCUT2D eigenvalue weighted by Crippen LogP contribution is 2.23. The number of amides is 1. The van der Waals surface area contributed by atoms with Gasteiger partial charge in [0.1, 0.15) is 5.56 Å². The second kappa shape index (κ2) is 6.35. The van der Waals surface area contributed by atoms with Crippen LogP contribution in [0, 0.1) is 17.0 Å². The third-order valence-corrected chi connectivity index (χ3v) is 3.05. The molecule has 18 heavy (non-hydrogen) atoms. The fraction of sp³-hybridized carbons (Fsp3) is 0.417. The monoisotopic (exact) mass is 270 g/mol. The molecule has 0 spiro atoms. The molecule has 0 fully saturated rings. The van der Waals surface area contributed by atoms with Crippen LogP contribution in [-0.4, -0.2) is 22.8 Å². The molecule has 0 saturated heterocycles. The zero-order chi connectivity index (χ0) is 13.7. The molecule has 0 saturated carbocycles. The smallest absolute Gasteiger partial charge is 0.285 e. The minimum Gasteiger partial charge on any atom is -0.348 e. The van der Waals surface area contributed by atoms with Crippen LogP contribution in [0.4, 0.5) is 5.69 Å². The average molecular weight is 271 g/mol. The molecule has 0 radical (unpaired) electrons. The maximum atomic E-state index is 12.0. The third-order valence-electron chi connectivity index (χ3n) is 2.68. The van der Waals surface area contributed by atoms with E-state index in [-0.39, 0.29) is 23.2 Å². The number of nitro benzene ring substituents is 1. The van der Waals surface area contributed by atoms with Gasteiger partial charge in [-0.1, -0.05) is 19.1 Å². The minimum absolute atomic E-state index is 0.0727. The number of halogens is 1. The van der Waals surface area contributed by atoms with Gasteiger partial charge in [-0.05, 0) is 19.4 Å². The number of hydrogen-bond donors (Lipinski definition) is 1. The lowest BCUT2D eigenvalue weighted by molar-refractivity contribution is -0.385. The maximum absolute atomic E-state index is 12.0. The van der Waals surface area contributed by atoms with Crippen molar-refractivity contribution in [2.45, 2.75) is 26.3 Å². The summed E-state index contributed by atoms with van der Waals surface area (Å²) in [5, 5.41) is 13.7. The van der Waals surface area contributed by atoms with E-state index in [1.165, 1.54) is 6.07 Å². The van der Waals surface area contributed by atoms with Gasteiger partial charge in [-0.15, -0.1) is 11.6 Å². The number of aryl methyl sites for hydroxylation is 1. The molecule has 0 aromatic heterocycles. The van der Waals surface area contributed by atoms with Crippen LogP contribution in [-0.2, 0) is 0 Å². The first kappa shape index (κ1) is 14.4. The molecule has 1 amide bonds. The normalized spacial score (nSPS) is 11.9. The molecule has 0 bridgehead atoms. The fourth-order valence-electron chi connectivity index (χ4n) is 1.60. The third kappa shape index (κ3) is 3.20. The second-order valence-corrected chi connectivity index (χ2v) is 4.27. The second-order valence-electron chi connectivity index (χ2n) is 3.96. The van der Waals surface area contributed by atoms with Crippen LogP contribution in [0.1, 0.15) is 29.3 Å².